The summed E-state index contributed by atoms with van der Waals surface area (Å²) in [4.78, 5) is 36.9. The highest BCUT2D eigenvalue weighted by Crippen LogP contribution is 2.34. The molecule has 1 aliphatic heterocycles. The summed E-state index contributed by atoms with van der Waals surface area (Å²) in [6.45, 7) is 3.31. The summed E-state index contributed by atoms with van der Waals surface area (Å²) in [6.07, 6.45) is -0.0353. The van der Waals surface area contributed by atoms with Gasteiger partial charge in [-0.05, 0) is 38.1 Å². The number of nitrogens with one attached hydrogen (secondary N) is 2. The van der Waals surface area contributed by atoms with Crippen LogP contribution in [0.1, 0.15) is 35.3 Å². The zero-order chi connectivity index (χ0) is 21.4. The molecule has 0 saturated heterocycles. The summed E-state index contributed by atoms with van der Waals surface area (Å²) in [5.41, 5.74) is 3.25. The lowest BCUT2D eigenvalue weighted by atomic mass is 10.1. The largest absolute Gasteiger partial charge is 0.324 e. The summed E-state index contributed by atoms with van der Waals surface area (Å²) in [7, 11) is 0. The molecule has 0 spiro atoms. The Bertz CT molecular complexity index is 1170. The van der Waals surface area contributed by atoms with Crippen LogP contribution >= 0.6 is 11.6 Å². The molecule has 2 N–H and O–H groups in total. The number of anilines is 2. The van der Waals surface area contributed by atoms with E-state index in [4.69, 9.17) is 11.6 Å². The Morgan fingerprint density at radius 3 is 2.63 bits per heavy atom. The number of benzene rings is 2. The van der Waals surface area contributed by atoms with Gasteiger partial charge in [0.25, 0.3) is 0 Å². The van der Waals surface area contributed by atoms with E-state index in [2.05, 4.69) is 15.7 Å². The molecule has 1 unspecified atom stereocenters. The number of ketones is 1. The average Bonchev–Trinajstić information content (AvgIpc) is 3.04. The first-order valence-electron chi connectivity index (χ1n) is 9.40. The van der Waals surface area contributed by atoms with Crippen molar-refractivity contribution in [3.63, 3.8) is 0 Å². The van der Waals surface area contributed by atoms with Gasteiger partial charge in [0.1, 0.15) is 11.9 Å². The second-order valence-corrected chi connectivity index (χ2v) is 7.60. The molecule has 1 aliphatic rings. The number of nitrogens with zero attached hydrogens (tertiary/aromatic N) is 2. The Balaban J connectivity index is 1.68. The van der Waals surface area contributed by atoms with Crippen LogP contribution in [0.2, 0.25) is 5.02 Å². The van der Waals surface area contributed by atoms with Gasteiger partial charge in [-0.25, -0.2) is 4.68 Å². The maximum absolute atomic E-state index is 13.0. The van der Waals surface area contributed by atoms with Crippen molar-refractivity contribution in [1.82, 2.24) is 9.78 Å². The predicted molar refractivity (Wildman–Crippen MR) is 115 cm³/mol. The maximum Gasteiger partial charge on any atom is 0.249 e. The van der Waals surface area contributed by atoms with Crippen LogP contribution in [-0.4, -0.2) is 27.4 Å². The van der Waals surface area contributed by atoms with Crippen LogP contribution in [0.3, 0.4) is 0 Å². The van der Waals surface area contributed by atoms with E-state index >= 15 is 0 Å². The van der Waals surface area contributed by atoms with Crippen molar-refractivity contribution >= 4 is 40.7 Å². The van der Waals surface area contributed by atoms with E-state index in [1.165, 1.54) is 6.92 Å². The number of fused-ring (bicyclic) bond motifs is 1. The number of aromatic nitrogens is 2. The molecular weight excluding hydrogens is 404 g/mol. The molecule has 8 heteroatoms. The van der Waals surface area contributed by atoms with Gasteiger partial charge < -0.3 is 10.6 Å². The lowest BCUT2D eigenvalue weighted by Crippen LogP contribution is -2.36. The lowest BCUT2D eigenvalue weighted by molar-refractivity contribution is -0.125. The lowest BCUT2D eigenvalue weighted by Gasteiger charge is -2.24. The first kappa shape index (κ1) is 19.8. The third-order valence-corrected chi connectivity index (χ3v) is 5.29. The molecule has 0 aliphatic carbocycles. The Labute approximate surface area is 178 Å². The molecule has 4 rings (SSSR count). The van der Waals surface area contributed by atoms with E-state index < -0.39 is 6.04 Å². The third-order valence-electron chi connectivity index (χ3n) is 5.04. The number of rotatable bonds is 4. The number of Topliss-reactive ketones (excluding diaryl/α,β-unsaturated/α-hetero) is 1. The van der Waals surface area contributed by atoms with Gasteiger partial charge in [0.05, 0.1) is 12.1 Å². The van der Waals surface area contributed by atoms with Crippen LogP contribution in [-0.2, 0) is 9.59 Å². The van der Waals surface area contributed by atoms with E-state index in [1.807, 2.05) is 19.1 Å². The number of hydrogen-bond acceptors (Lipinski definition) is 4. The minimum Gasteiger partial charge on any atom is -0.324 e. The van der Waals surface area contributed by atoms with Crippen LogP contribution in [0.5, 0.6) is 0 Å². The average molecular weight is 423 g/mol. The van der Waals surface area contributed by atoms with Crippen molar-refractivity contribution in [2.45, 2.75) is 26.3 Å². The predicted octanol–water partition coefficient (Wildman–Crippen LogP) is 4.24. The van der Waals surface area contributed by atoms with Gasteiger partial charge in [-0.15, -0.1) is 0 Å². The smallest absolute Gasteiger partial charge is 0.249 e. The molecule has 7 nitrogen and oxygen atoms in total. The van der Waals surface area contributed by atoms with E-state index in [1.54, 1.807) is 41.1 Å². The molecule has 1 aromatic heterocycles. The second-order valence-electron chi connectivity index (χ2n) is 7.17. The van der Waals surface area contributed by atoms with Crippen LogP contribution in [0.25, 0.3) is 11.3 Å². The van der Waals surface area contributed by atoms with Crippen molar-refractivity contribution in [2.75, 3.05) is 10.6 Å². The molecule has 0 fully saturated rings. The Kier molecular flexibility index (Phi) is 5.13. The van der Waals surface area contributed by atoms with Crippen LogP contribution in [0.4, 0.5) is 11.5 Å². The Morgan fingerprint density at radius 2 is 1.93 bits per heavy atom. The van der Waals surface area contributed by atoms with Gasteiger partial charge in [-0.2, -0.15) is 5.10 Å². The first-order valence-corrected chi connectivity index (χ1v) is 9.78. The molecular formula is C22H19ClN4O3. The molecule has 2 aromatic carbocycles. The van der Waals surface area contributed by atoms with Crippen LogP contribution < -0.4 is 10.6 Å². The summed E-state index contributed by atoms with van der Waals surface area (Å²) in [5, 5.41) is 10.8. The minimum atomic E-state index is -0.811. The van der Waals surface area contributed by atoms with E-state index in [0.29, 0.717) is 27.8 Å². The van der Waals surface area contributed by atoms with Crippen molar-refractivity contribution in [1.29, 1.82) is 0 Å². The molecule has 1 atom stereocenters. The Morgan fingerprint density at radius 1 is 1.20 bits per heavy atom. The molecule has 0 bridgehead atoms. The van der Waals surface area contributed by atoms with Gasteiger partial charge in [0.2, 0.25) is 11.8 Å². The van der Waals surface area contributed by atoms with E-state index in [9.17, 15) is 14.4 Å². The standard InChI is InChI=1S/C22H19ClN4O3/c1-12-20(14-6-8-16(23)9-7-14)26-27-18(11-19(29)25-21(12)27)22(30)24-17-5-3-4-15(10-17)13(2)28/h3-10,18H,11H2,1-2H3,(H,24,30)(H,25,29). The maximum atomic E-state index is 13.0. The fourth-order valence-corrected chi connectivity index (χ4v) is 3.59. The summed E-state index contributed by atoms with van der Waals surface area (Å²) >= 11 is 5.97. The number of halogens is 1. The van der Waals surface area contributed by atoms with Crippen molar-refractivity contribution < 1.29 is 14.4 Å². The van der Waals surface area contributed by atoms with Gasteiger partial charge in [-0.3, -0.25) is 14.4 Å². The Hall–Kier alpha value is -3.45. The van der Waals surface area contributed by atoms with Gasteiger partial charge in [0.15, 0.2) is 5.78 Å². The molecule has 0 radical (unpaired) electrons. The highest BCUT2D eigenvalue weighted by Gasteiger charge is 2.34. The summed E-state index contributed by atoms with van der Waals surface area (Å²) in [6, 6.07) is 13.1. The van der Waals surface area contributed by atoms with Gasteiger partial charge in [0, 0.05) is 27.4 Å². The second kappa shape index (κ2) is 7.76. The SMILES string of the molecule is CC(=O)c1cccc(NC(=O)C2CC(=O)Nc3c(C)c(-c4ccc(Cl)cc4)nn32)c1. The number of carbonyl (C=O) groups is 3. The number of amides is 2. The van der Waals surface area contributed by atoms with E-state index in [0.717, 1.165) is 11.1 Å². The molecule has 152 valence electrons. The highest BCUT2D eigenvalue weighted by molar-refractivity contribution is 6.30. The summed E-state index contributed by atoms with van der Waals surface area (Å²) in [5.74, 6) is -0.239. The van der Waals surface area contributed by atoms with E-state index in [-0.39, 0.29) is 24.0 Å². The molecule has 3 aromatic rings. The van der Waals surface area contributed by atoms with Crippen molar-refractivity contribution in [2.24, 2.45) is 0 Å². The van der Waals surface area contributed by atoms with Crippen molar-refractivity contribution in [3.05, 3.63) is 64.7 Å². The zero-order valence-corrected chi connectivity index (χ0v) is 17.2. The fraction of sp³-hybridized carbons (Fsp3) is 0.182. The quantitative estimate of drug-likeness (QED) is 0.615. The number of carbonyl (C=O) groups excluding carboxylic acids is 3. The highest BCUT2D eigenvalue weighted by atomic mass is 35.5. The first-order chi connectivity index (χ1) is 14.3. The van der Waals surface area contributed by atoms with Crippen molar-refractivity contribution in [3.8, 4) is 11.3 Å². The monoisotopic (exact) mass is 422 g/mol. The molecule has 30 heavy (non-hydrogen) atoms. The number of hydrogen-bond donors (Lipinski definition) is 2. The van der Waals surface area contributed by atoms with Gasteiger partial charge >= 0.3 is 0 Å². The molecule has 2 heterocycles. The molecule has 2 amide bonds. The van der Waals surface area contributed by atoms with Gasteiger partial charge in [-0.1, -0.05) is 35.9 Å². The zero-order valence-electron chi connectivity index (χ0n) is 16.4. The third kappa shape index (κ3) is 3.71. The summed E-state index contributed by atoms with van der Waals surface area (Å²) < 4.78 is 1.55. The molecule has 0 saturated carbocycles. The normalized spacial score (nSPS) is 15.3. The minimum absolute atomic E-state index is 0.0353. The van der Waals surface area contributed by atoms with Crippen LogP contribution in [0.15, 0.2) is 48.5 Å². The fourth-order valence-electron chi connectivity index (χ4n) is 3.47. The van der Waals surface area contributed by atoms with Crippen LogP contribution in [0, 0.1) is 6.92 Å². The topological polar surface area (TPSA) is 93.1 Å².